The third-order valence-electron chi connectivity index (χ3n) is 5.29. The van der Waals surface area contributed by atoms with Crippen LogP contribution >= 0.6 is 23.2 Å². The Bertz CT molecular complexity index is 912. The number of amides is 2. The summed E-state index contributed by atoms with van der Waals surface area (Å²) in [5, 5.41) is 15.6. The molecular formula is C18H23Cl2N3O4S. The highest BCUT2D eigenvalue weighted by atomic mass is 35.5. The lowest BCUT2D eigenvalue weighted by Crippen LogP contribution is -2.47. The zero-order valence-corrected chi connectivity index (χ0v) is 17.9. The van der Waals surface area contributed by atoms with Crippen LogP contribution in [0, 0.1) is 0 Å². The Kier molecular flexibility index (Phi) is 6.14. The van der Waals surface area contributed by atoms with E-state index < -0.39 is 26.9 Å². The second-order valence-electron chi connectivity index (χ2n) is 7.35. The van der Waals surface area contributed by atoms with Gasteiger partial charge in [-0.15, -0.1) is 0 Å². The van der Waals surface area contributed by atoms with Crippen molar-refractivity contribution in [3.63, 3.8) is 0 Å². The molecule has 1 aromatic rings. The number of hydrogen-bond donors (Lipinski definition) is 3. The zero-order valence-electron chi connectivity index (χ0n) is 15.6. The summed E-state index contributed by atoms with van der Waals surface area (Å²) in [5.41, 5.74) is -0.0259. The third kappa shape index (κ3) is 4.10. The third-order valence-corrected chi connectivity index (χ3v) is 8.38. The smallest absolute Gasteiger partial charge is 0.319 e. The van der Waals surface area contributed by atoms with Crippen molar-refractivity contribution in [1.29, 1.82) is 0 Å². The van der Waals surface area contributed by atoms with Gasteiger partial charge in [-0.1, -0.05) is 29.3 Å². The van der Waals surface area contributed by atoms with E-state index in [4.69, 9.17) is 23.2 Å². The van der Waals surface area contributed by atoms with Gasteiger partial charge in [0.15, 0.2) is 15.6 Å². The van der Waals surface area contributed by atoms with E-state index in [1.165, 1.54) is 12.1 Å². The van der Waals surface area contributed by atoms with Gasteiger partial charge < -0.3 is 20.6 Å². The van der Waals surface area contributed by atoms with Gasteiger partial charge in [-0.25, -0.2) is 13.2 Å². The number of hydrogen-bond acceptors (Lipinski definition) is 5. The number of rotatable bonds is 5. The predicted octanol–water partition coefficient (Wildman–Crippen LogP) is 3.32. The molecule has 1 fully saturated rings. The van der Waals surface area contributed by atoms with Crippen molar-refractivity contribution < 1.29 is 18.3 Å². The first-order valence-electron chi connectivity index (χ1n) is 8.96. The van der Waals surface area contributed by atoms with Crippen LogP contribution in [0.2, 0.25) is 5.02 Å². The van der Waals surface area contributed by atoms with Gasteiger partial charge in [0.25, 0.3) is 0 Å². The molecular weight excluding hydrogens is 425 g/mol. The molecule has 1 aromatic carbocycles. The van der Waals surface area contributed by atoms with Crippen molar-refractivity contribution in [3.05, 3.63) is 28.3 Å². The van der Waals surface area contributed by atoms with Gasteiger partial charge in [0.2, 0.25) is 0 Å². The molecule has 2 aliphatic rings. The first-order chi connectivity index (χ1) is 13.1. The van der Waals surface area contributed by atoms with Crippen LogP contribution in [0.4, 0.5) is 10.5 Å². The fourth-order valence-electron chi connectivity index (χ4n) is 3.42. The van der Waals surface area contributed by atoms with E-state index in [2.05, 4.69) is 10.6 Å². The molecule has 0 saturated heterocycles. The summed E-state index contributed by atoms with van der Waals surface area (Å²) in [6.07, 6.45) is 4.23. The SMILES string of the molecule is CN(C)[C@H]1C[C@H](S(=O)(=O)c2c(Cl)ccc(NC(=O)NC3CCC=C3Cl)c2O)C1. The van der Waals surface area contributed by atoms with Crippen LogP contribution in [0.1, 0.15) is 25.7 Å². The number of carbonyl (C=O) groups is 1. The van der Waals surface area contributed by atoms with E-state index in [1.54, 1.807) is 0 Å². The Morgan fingerprint density at radius 1 is 1.25 bits per heavy atom. The lowest BCUT2D eigenvalue weighted by Gasteiger charge is -2.39. The molecule has 7 nitrogen and oxygen atoms in total. The minimum atomic E-state index is -3.83. The summed E-state index contributed by atoms with van der Waals surface area (Å²) in [4.78, 5) is 13.9. The minimum Gasteiger partial charge on any atom is -0.504 e. The first kappa shape index (κ1) is 21.2. The van der Waals surface area contributed by atoms with E-state index >= 15 is 0 Å². The average Bonchev–Trinajstić information content (AvgIpc) is 2.92. The number of allylic oxidation sites excluding steroid dienone is 1. The van der Waals surface area contributed by atoms with Crippen molar-refractivity contribution in [2.75, 3.05) is 19.4 Å². The number of phenolic OH excluding ortho intramolecular Hbond substituents is 1. The Hall–Kier alpha value is -1.48. The molecule has 0 aliphatic heterocycles. The first-order valence-corrected chi connectivity index (χ1v) is 11.3. The summed E-state index contributed by atoms with van der Waals surface area (Å²) in [6, 6.07) is 2.02. The van der Waals surface area contributed by atoms with Crippen LogP contribution in [0.3, 0.4) is 0 Å². The van der Waals surface area contributed by atoms with Crippen molar-refractivity contribution in [3.8, 4) is 5.75 Å². The van der Waals surface area contributed by atoms with Crippen LogP contribution in [-0.4, -0.2) is 55.9 Å². The molecule has 0 aromatic heterocycles. The number of carbonyl (C=O) groups excluding carboxylic acids is 1. The lowest BCUT2D eigenvalue weighted by atomic mass is 9.91. The van der Waals surface area contributed by atoms with E-state index in [0.717, 1.165) is 6.42 Å². The fraction of sp³-hybridized carbons (Fsp3) is 0.500. The Labute approximate surface area is 174 Å². The summed E-state index contributed by atoms with van der Waals surface area (Å²) in [6.45, 7) is 0. The minimum absolute atomic E-state index is 0.0259. The number of sulfone groups is 1. The maximum atomic E-state index is 13.0. The van der Waals surface area contributed by atoms with Crippen molar-refractivity contribution in [2.24, 2.45) is 0 Å². The van der Waals surface area contributed by atoms with Crippen molar-refractivity contribution >= 4 is 44.8 Å². The van der Waals surface area contributed by atoms with Gasteiger partial charge >= 0.3 is 6.03 Å². The molecule has 28 heavy (non-hydrogen) atoms. The summed E-state index contributed by atoms with van der Waals surface area (Å²) in [7, 11) is -0.0385. The molecule has 2 amide bonds. The van der Waals surface area contributed by atoms with E-state index in [0.29, 0.717) is 24.3 Å². The topological polar surface area (TPSA) is 98.7 Å². The van der Waals surface area contributed by atoms with Crippen LogP contribution in [-0.2, 0) is 9.84 Å². The van der Waals surface area contributed by atoms with Crippen molar-refractivity contribution in [1.82, 2.24) is 10.2 Å². The molecule has 1 atom stereocenters. The summed E-state index contributed by atoms with van der Waals surface area (Å²) in [5.74, 6) is -0.552. The molecule has 2 aliphatic carbocycles. The number of phenols is 1. The quantitative estimate of drug-likeness (QED) is 0.601. The van der Waals surface area contributed by atoms with Gasteiger partial charge in [0, 0.05) is 11.1 Å². The highest BCUT2D eigenvalue weighted by Crippen LogP contribution is 2.43. The number of anilines is 1. The number of urea groups is 1. The Morgan fingerprint density at radius 2 is 1.93 bits per heavy atom. The fourth-order valence-corrected chi connectivity index (χ4v) is 6.17. The molecule has 0 radical (unpaired) electrons. The predicted molar refractivity (Wildman–Crippen MR) is 110 cm³/mol. The molecule has 0 heterocycles. The average molecular weight is 448 g/mol. The van der Waals surface area contributed by atoms with Crippen LogP contribution in [0.5, 0.6) is 5.75 Å². The van der Waals surface area contributed by atoms with Crippen LogP contribution < -0.4 is 10.6 Å². The maximum Gasteiger partial charge on any atom is 0.319 e. The molecule has 1 unspecified atom stereocenters. The number of halogens is 2. The molecule has 1 saturated carbocycles. The van der Waals surface area contributed by atoms with E-state index in [1.807, 2.05) is 25.1 Å². The lowest BCUT2D eigenvalue weighted by molar-refractivity contribution is 0.196. The second-order valence-corrected chi connectivity index (χ2v) is 10.4. The van der Waals surface area contributed by atoms with Gasteiger partial charge in [-0.3, -0.25) is 0 Å². The van der Waals surface area contributed by atoms with Crippen LogP contribution in [0.25, 0.3) is 0 Å². The summed E-state index contributed by atoms with van der Waals surface area (Å²) < 4.78 is 25.9. The number of aromatic hydroxyl groups is 1. The Morgan fingerprint density at radius 3 is 2.50 bits per heavy atom. The highest BCUT2D eigenvalue weighted by molar-refractivity contribution is 7.92. The Balaban J connectivity index is 1.78. The normalized spacial score (nSPS) is 24.6. The molecule has 10 heteroatoms. The second kappa shape index (κ2) is 8.10. The largest absolute Gasteiger partial charge is 0.504 e. The van der Waals surface area contributed by atoms with Crippen molar-refractivity contribution in [2.45, 2.75) is 47.9 Å². The molecule has 154 valence electrons. The molecule has 0 spiro atoms. The van der Waals surface area contributed by atoms with Gasteiger partial charge in [0.05, 0.1) is 22.0 Å². The highest BCUT2D eigenvalue weighted by Gasteiger charge is 2.42. The maximum absolute atomic E-state index is 13.0. The monoisotopic (exact) mass is 447 g/mol. The molecule has 3 rings (SSSR count). The standard InChI is InChI=1S/C18H23Cl2N3O4S/c1-23(2)10-8-11(9-10)28(26,27)17-13(20)6-7-15(16(17)24)22-18(25)21-14-5-3-4-12(14)19/h4,6-7,10-11,14,24H,3,5,8-9H2,1-2H3,(H2,21,22,25)/t10-,11-,14?. The number of benzene rings is 1. The van der Waals surface area contributed by atoms with Gasteiger partial charge in [0.1, 0.15) is 4.90 Å². The number of nitrogens with zero attached hydrogens (tertiary/aromatic N) is 1. The molecule has 0 bridgehead atoms. The van der Waals surface area contributed by atoms with Crippen LogP contribution in [0.15, 0.2) is 28.1 Å². The number of nitrogens with one attached hydrogen (secondary N) is 2. The summed E-state index contributed by atoms with van der Waals surface area (Å²) >= 11 is 12.1. The van der Waals surface area contributed by atoms with E-state index in [-0.39, 0.29) is 27.7 Å². The van der Waals surface area contributed by atoms with E-state index in [9.17, 15) is 18.3 Å². The molecule has 3 N–H and O–H groups in total. The van der Waals surface area contributed by atoms with Gasteiger partial charge in [-0.05, 0) is 51.9 Å². The van der Waals surface area contributed by atoms with Gasteiger partial charge in [-0.2, -0.15) is 0 Å². The zero-order chi connectivity index (χ0) is 20.6.